The monoisotopic (exact) mass is 380 g/mol. The Morgan fingerprint density at radius 3 is 2.78 bits per heavy atom. The van der Waals surface area contributed by atoms with Crippen molar-refractivity contribution >= 4 is 29.3 Å². The molecule has 6 nitrogen and oxygen atoms in total. The van der Waals surface area contributed by atoms with Gasteiger partial charge in [0.05, 0.1) is 11.3 Å². The lowest BCUT2D eigenvalue weighted by atomic mass is 10.1. The molecule has 3 rings (SSSR count). The number of rotatable bonds is 6. The van der Waals surface area contributed by atoms with Crippen LogP contribution >= 0.6 is 11.8 Å². The number of carbonyl (C=O) groups excluding carboxylic acids is 2. The Morgan fingerprint density at radius 2 is 2.07 bits per heavy atom. The Bertz CT molecular complexity index is 932. The molecular formula is C20H20N4O2S. The summed E-state index contributed by atoms with van der Waals surface area (Å²) >= 11 is 1.23. The Kier molecular flexibility index (Phi) is 5.77. The smallest absolute Gasteiger partial charge is 0.251 e. The van der Waals surface area contributed by atoms with Crippen molar-refractivity contribution in [3.8, 4) is 6.07 Å². The zero-order valence-electron chi connectivity index (χ0n) is 15.2. The molecule has 2 N–H and O–H groups in total. The number of benzene rings is 1. The highest BCUT2D eigenvalue weighted by molar-refractivity contribution is 8.00. The van der Waals surface area contributed by atoms with Crippen molar-refractivity contribution in [3.63, 3.8) is 0 Å². The van der Waals surface area contributed by atoms with E-state index in [1.54, 1.807) is 24.3 Å². The summed E-state index contributed by atoms with van der Waals surface area (Å²) in [6.45, 7) is 3.71. The van der Waals surface area contributed by atoms with Gasteiger partial charge in [0.1, 0.15) is 11.1 Å². The van der Waals surface area contributed by atoms with Gasteiger partial charge in [-0.1, -0.05) is 17.8 Å². The normalized spacial score (nSPS) is 12.9. The third kappa shape index (κ3) is 5.08. The van der Waals surface area contributed by atoms with E-state index in [-0.39, 0.29) is 23.6 Å². The van der Waals surface area contributed by atoms with Crippen LogP contribution in [-0.2, 0) is 4.79 Å². The van der Waals surface area contributed by atoms with E-state index in [1.807, 2.05) is 19.9 Å². The van der Waals surface area contributed by atoms with Gasteiger partial charge < -0.3 is 10.6 Å². The number of aryl methyl sites for hydroxylation is 2. The minimum absolute atomic E-state index is 0.124. The number of thioether (sulfide) groups is 1. The molecular weight excluding hydrogens is 360 g/mol. The lowest BCUT2D eigenvalue weighted by molar-refractivity contribution is -0.113. The van der Waals surface area contributed by atoms with Crippen molar-refractivity contribution in [1.29, 1.82) is 5.26 Å². The first kappa shape index (κ1) is 18.9. The molecule has 138 valence electrons. The zero-order chi connectivity index (χ0) is 19.4. The quantitative estimate of drug-likeness (QED) is 0.751. The van der Waals surface area contributed by atoms with Crippen molar-refractivity contribution in [2.45, 2.75) is 37.8 Å². The van der Waals surface area contributed by atoms with Gasteiger partial charge in [0, 0.05) is 23.0 Å². The average molecular weight is 380 g/mol. The van der Waals surface area contributed by atoms with Crippen LogP contribution in [0.25, 0.3) is 0 Å². The van der Waals surface area contributed by atoms with Gasteiger partial charge in [-0.05, 0) is 56.5 Å². The highest BCUT2D eigenvalue weighted by Crippen LogP contribution is 2.24. The van der Waals surface area contributed by atoms with Crippen molar-refractivity contribution in [1.82, 2.24) is 10.3 Å². The highest BCUT2D eigenvalue weighted by Gasteiger charge is 2.23. The summed E-state index contributed by atoms with van der Waals surface area (Å²) in [4.78, 5) is 28.8. The van der Waals surface area contributed by atoms with Crippen LogP contribution in [0.2, 0.25) is 0 Å². The molecule has 27 heavy (non-hydrogen) atoms. The van der Waals surface area contributed by atoms with Crippen LogP contribution in [0.3, 0.4) is 0 Å². The number of nitrogens with zero attached hydrogens (tertiary/aromatic N) is 2. The molecule has 0 bridgehead atoms. The number of nitriles is 1. The maximum absolute atomic E-state index is 12.3. The summed E-state index contributed by atoms with van der Waals surface area (Å²) in [5, 5.41) is 15.6. The largest absolute Gasteiger partial charge is 0.349 e. The number of nitrogens with one attached hydrogen (secondary N) is 2. The Morgan fingerprint density at radius 1 is 1.30 bits per heavy atom. The summed E-state index contributed by atoms with van der Waals surface area (Å²) in [6.07, 6.45) is 2.05. The molecule has 1 heterocycles. The summed E-state index contributed by atoms with van der Waals surface area (Å²) in [5.41, 5.74) is 3.25. The van der Waals surface area contributed by atoms with Crippen molar-refractivity contribution in [3.05, 3.63) is 52.7 Å². The maximum atomic E-state index is 12.3. The van der Waals surface area contributed by atoms with Crippen LogP contribution in [0.5, 0.6) is 0 Å². The molecule has 0 unspecified atom stereocenters. The zero-order valence-corrected chi connectivity index (χ0v) is 16.0. The van der Waals surface area contributed by atoms with Gasteiger partial charge >= 0.3 is 0 Å². The SMILES string of the molecule is Cc1cc(C)c(C#N)c(SCC(=O)Nc2cccc(C(=O)NC3CC3)c2)n1. The molecule has 0 atom stereocenters. The summed E-state index contributed by atoms with van der Waals surface area (Å²) in [7, 11) is 0. The first-order valence-electron chi connectivity index (χ1n) is 8.68. The van der Waals surface area contributed by atoms with E-state index in [9.17, 15) is 14.9 Å². The van der Waals surface area contributed by atoms with E-state index in [0.29, 0.717) is 21.8 Å². The molecule has 1 fully saturated rings. The number of hydrogen-bond acceptors (Lipinski definition) is 5. The molecule has 1 aliphatic rings. The minimum Gasteiger partial charge on any atom is -0.349 e. The van der Waals surface area contributed by atoms with Crippen LogP contribution in [-0.4, -0.2) is 28.6 Å². The molecule has 0 spiro atoms. The molecule has 0 saturated heterocycles. The number of anilines is 1. The van der Waals surface area contributed by atoms with E-state index in [4.69, 9.17) is 0 Å². The second kappa shape index (κ2) is 8.23. The molecule has 1 saturated carbocycles. The van der Waals surface area contributed by atoms with Gasteiger partial charge in [0.2, 0.25) is 5.91 Å². The van der Waals surface area contributed by atoms with Gasteiger partial charge in [0.15, 0.2) is 0 Å². The standard InChI is InChI=1S/C20H20N4O2S/c1-12-8-13(2)22-20(17(12)10-21)27-11-18(25)23-16-5-3-4-14(9-16)19(26)24-15-6-7-15/h3-5,8-9,15H,6-7,11H2,1-2H3,(H,23,25)(H,24,26). The van der Waals surface area contributed by atoms with Gasteiger partial charge in [-0.2, -0.15) is 5.26 Å². The minimum atomic E-state index is -0.218. The number of amides is 2. The molecule has 1 aliphatic carbocycles. The molecule has 0 aliphatic heterocycles. The Labute approximate surface area is 162 Å². The number of aromatic nitrogens is 1. The van der Waals surface area contributed by atoms with Gasteiger partial charge in [0.25, 0.3) is 5.91 Å². The van der Waals surface area contributed by atoms with Crippen molar-refractivity contribution in [2.24, 2.45) is 0 Å². The third-order valence-corrected chi connectivity index (χ3v) is 5.06. The Hall–Kier alpha value is -2.85. The first-order valence-corrected chi connectivity index (χ1v) is 9.66. The number of hydrogen-bond donors (Lipinski definition) is 2. The van der Waals surface area contributed by atoms with Gasteiger partial charge in [-0.15, -0.1) is 0 Å². The second-order valence-corrected chi connectivity index (χ2v) is 7.50. The third-order valence-electron chi connectivity index (χ3n) is 4.08. The maximum Gasteiger partial charge on any atom is 0.251 e. The van der Waals surface area contributed by atoms with Crippen LogP contribution < -0.4 is 10.6 Å². The first-order chi connectivity index (χ1) is 13.0. The fourth-order valence-corrected chi connectivity index (χ4v) is 3.51. The van der Waals surface area contributed by atoms with Crippen LogP contribution in [0.4, 0.5) is 5.69 Å². The van der Waals surface area contributed by atoms with Crippen molar-refractivity contribution in [2.75, 3.05) is 11.1 Å². The molecule has 7 heteroatoms. The van der Waals surface area contributed by atoms with Crippen LogP contribution in [0.1, 0.15) is 40.0 Å². The van der Waals surface area contributed by atoms with Crippen molar-refractivity contribution < 1.29 is 9.59 Å². The highest BCUT2D eigenvalue weighted by atomic mass is 32.2. The van der Waals surface area contributed by atoms with Gasteiger partial charge in [-0.3, -0.25) is 9.59 Å². The van der Waals surface area contributed by atoms with E-state index in [0.717, 1.165) is 24.1 Å². The topological polar surface area (TPSA) is 94.9 Å². The second-order valence-electron chi connectivity index (χ2n) is 6.54. The number of pyridine rings is 1. The average Bonchev–Trinajstić information content (AvgIpc) is 3.44. The molecule has 2 amide bonds. The van der Waals surface area contributed by atoms with E-state index in [2.05, 4.69) is 21.7 Å². The predicted octanol–water partition coefficient (Wildman–Crippen LogP) is 3.19. The van der Waals surface area contributed by atoms with Gasteiger partial charge in [-0.25, -0.2) is 4.98 Å². The molecule has 1 aromatic carbocycles. The summed E-state index contributed by atoms with van der Waals surface area (Å²) in [6, 6.07) is 11.1. The fraction of sp³-hybridized carbons (Fsp3) is 0.300. The summed E-state index contributed by atoms with van der Waals surface area (Å²) < 4.78 is 0. The molecule has 0 radical (unpaired) electrons. The lowest BCUT2D eigenvalue weighted by Gasteiger charge is -2.09. The molecule has 2 aromatic rings. The van der Waals surface area contributed by atoms with Crippen LogP contribution in [0, 0.1) is 25.2 Å². The van der Waals surface area contributed by atoms with Crippen LogP contribution in [0.15, 0.2) is 35.4 Å². The Balaban J connectivity index is 1.61. The summed E-state index contributed by atoms with van der Waals surface area (Å²) in [5.74, 6) is -0.214. The van der Waals surface area contributed by atoms with E-state index in [1.165, 1.54) is 11.8 Å². The molecule has 1 aromatic heterocycles. The van der Waals surface area contributed by atoms with E-state index >= 15 is 0 Å². The number of carbonyl (C=O) groups is 2. The predicted molar refractivity (Wildman–Crippen MR) is 105 cm³/mol. The lowest BCUT2D eigenvalue weighted by Crippen LogP contribution is -2.25. The fourth-order valence-electron chi connectivity index (χ4n) is 2.61. The van der Waals surface area contributed by atoms with E-state index < -0.39 is 0 Å².